The maximum absolute atomic E-state index is 12.7. The lowest BCUT2D eigenvalue weighted by Crippen LogP contribution is -2.05. The van der Waals surface area contributed by atoms with Crippen LogP contribution in [0, 0.1) is 13.8 Å². The number of benzene rings is 2. The van der Waals surface area contributed by atoms with Crippen LogP contribution in [0.15, 0.2) is 41.5 Å². The van der Waals surface area contributed by atoms with Crippen LogP contribution in [-0.2, 0) is 6.18 Å². The molecule has 0 aromatic heterocycles. The normalized spacial score (nSPS) is 11.9. The first-order chi connectivity index (χ1) is 10.3. The molecule has 0 aliphatic carbocycles. The third kappa shape index (κ3) is 4.01. The molecule has 0 radical (unpaired) electrons. The predicted molar refractivity (Wildman–Crippen MR) is 83.6 cm³/mol. The van der Waals surface area contributed by atoms with E-state index in [4.69, 9.17) is 11.6 Å². The molecule has 0 fully saturated rings. The predicted octanol–water partition coefficient (Wildman–Crippen LogP) is 5.42. The molecule has 0 bridgehead atoms. The first-order valence-electron chi connectivity index (χ1n) is 6.50. The van der Waals surface area contributed by atoms with Gasteiger partial charge in [-0.3, -0.25) is 5.43 Å². The molecular weight excluding hydrogens is 313 g/mol. The highest BCUT2D eigenvalue weighted by Crippen LogP contribution is 2.33. The van der Waals surface area contributed by atoms with Crippen molar-refractivity contribution < 1.29 is 13.2 Å². The lowest BCUT2D eigenvalue weighted by molar-refractivity contribution is -0.137. The highest BCUT2D eigenvalue weighted by molar-refractivity contribution is 6.33. The number of nitrogens with zero attached hydrogens (tertiary/aromatic N) is 1. The van der Waals surface area contributed by atoms with Crippen molar-refractivity contribution in [2.24, 2.45) is 5.10 Å². The summed E-state index contributed by atoms with van der Waals surface area (Å²) in [7, 11) is 0. The van der Waals surface area contributed by atoms with E-state index in [1.807, 2.05) is 32.0 Å². The number of rotatable bonds is 3. The van der Waals surface area contributed by atoms with Gasteiger partial charge in [0, 0.05) is 0 Å². The summed E-state index contributed by atoms with van der Waals surface area (Å²) in [6.45, 7) is 3.88. The number of nitrogens with one attached hydrogen (secondary N) is 1. The van der Waals surface area contributed by atoms with Crippen LogP contribution in [0.3, 0.4) is 0 Å². The zero-order chi connectivity index (χ0) is 16.3. The van der Waals surface area contributed by atoms with Gasteiger partial charge in [0.1, 0.15) is 0 Å². The summed E-state index contributed by atoms with van der Waals surface area (Å²) in [5.41, 5.74) is 4.87. The maximum Gasteiger partial charge on any atom is 0.416 e. The van der Waals surface area contributed by atoms with E-state index in [0.717, 1.165) is 28.8 Å². The Hall–Kier alpha value is -2.01. The Kier molecular flexibility index (Phi) is 4.76. The van der Waals surface area contributed by atoms with Crippen molar-refractivity contribution >= 4 is 23.5 Å². The summed E-state index contributed by atoms with van der Waals surface area (Å²) in [6.07, 6.45) is -2.86. The van der Waals surface area contributed by atoms with Crippen LogP contribution in [-0.4, -0.2) is 6.21 Å². The van der Waals surface area contributed by atoms with E-state index in [2.05, 4.69) is 10.5 Å². The van der Waals surface area contributed by atoms with E-state index in [1.165, 1.54) is 6.07 Å². The van der Waals surface area contributed by atoms with E-state index in [9.17, 15) is 13.2 Å². The summed E-state index contributed by atoms with van der Waals surface area (Å²) in [5.74, 6) is 0. The zero-order valence-electron chi connectivity index (χ0n) is 12.0. The standard InChI is InChI=1S/C16H14ClF3N2/c1-10-3-4-11(2)12(7-10)9-21-22-15-8-13(16(18,19)20)5-6-14(15)17/h3-9,22H,1-2H3/b21-9-. The summed E-state index contributed by atoms with van der Waals surface area (Å²) < 4.78 is 38.0. The molecule has 0 amide bonds. The van der Waals surface area contributed by atoms with Crippen LogP contribution >= 0.6 is 11.6 Å². The molecule has 2 aromatic carbocycles. The van der Waals surface area contributed by atoms with Crippen molar-refractivity contribution in [3.8, 4) is 0 Å². The van der Waals surface area contributed by atoms with Gasteiger partial charge in [-0.1, -0.05) is 35.4 Å². The molecule has 0 spiro atoms. The highest BCUT2D eigenvalue weighted by atomic mass is 35.5. The monoisotopic (exact) mass is 326 g/mol. The molecule has 1 N–H and O–H groups in total. The molecule has 22 heavy (non-hydrogen) atoms. The molecule has 6 heteroatoms. The Bertz CT molecular complexity index is 709. The van der Waals surface area contributed by atoms with Crippen molar-refractivity contribution in [2.75, 3.05) is 5.43 Å². The molecule has 116 valence electrons. The molecule has 0 aliphatic rings. The molecule has 0 saturated heterocycles. The molecule has 2 aromatic rings. The van der Waals surface area contributed by atoms with Crippen LogP contribution in [0.2, 0.25) is 5.02 Å². The minimum Gasteiger partial charge on any atom is -0.277 e. The van der Waals surface area contributed by atoms with Crippen molar-refractivity contribution in [3.63, 3.8) is 0 Å². The van der Waals surface area contributed by atoms with E-state index in [-0.39, 0.29) is 10.7 Å². The Labute approximate surface area is 131 Å². The lowest BCUT2D eigenvalue weighted by atomic mass is 10.1. The Morgan fingerprint density at radius 3 is 2.50 bits per heavy atom. The van der Waals surface area contributed by atoms with Crippen molar-refractivity contribution in [1.29, 1.82) is 0 Å². The Balaban J connectivity index is 2.21. The fourth-order valence-electron chi connectivity index (χ4n) is 1.86. The summed E-state index contributed by atoms with van der Waals surface area (Å²) in [4.78, 5) is 0. The average molecular weight is 327 g/mol. The van der Waals surface area contributed by atoms with Crippen LogP contribution in [0.1, 0.15) is 22.3 Å². The van der Waals surface area contributed by atoms with Gasteiger partial charge >= 0.3 is 6.18 Å². The topological polar surface area (TPSA) is 24.4 Å². The fourth-order valence-corrected chi connectivity index (χ4v) is 2.02. The third-order valence-corrected chi connectivity index (χ3v) is 3.45. The number of anilines is 1. The smallest absolute Gasteiger partial charge is 0.277 e. The van der Waals surface area contributed by atoms with Crippen LogP contribution < -0.4 is 5.43 Å². The van der Waals surface area contributed by atoms with E-state index in [1.54, 1.807) is 6.21 Å². The second kappa shape index (κ2) is 6.40. The Morgan fingerprint density at radius 1 is 1.09 bits per heavy atom. The first-order valence-corrected chi connectivity index (χ1v) is 6.88. The van der Waals surface area contributed by atoms with Gasteiger partial charge in [-0.05, 0) is 43.2 Å². The first kappa shape index (κ1) is 16.4. The molecule has 2 nitrogen and oxygen atoms in total. The Morgan fingerprint density at radius 2 is 1.82 bits per heavy atom. The average Bonchev–Trinajstić information content (AvgIpc) is 2.43. The van der Waals surface area contributed by atoms with Crippen LogP contribution in [0.5, 0.6) is 0 Å². The highest BCUT2D eigenvalue weighted by Gasteiger charge is 2.30. The second-order valence-electron chi connectivity index (χ2n) is 4.92. The molecule has 0 heterocycles. The number of hydrogen-bond donors (Lipinski definition) is 1. The molecular formula is C16H14ClF3N2. The van der Waals surface area contributed by atoms with E-state index in [0.29, 0.717) is 0 Å². The molecule has 0 atom stereocenters. The van der Waals surface area contributed by atoms with Crippen molar-refractivity contribution in [3.05, 3.63) is 63.7 Å². The van der Waals surface area contributed by atoms with Crippen LogP contribution in [0.25, 0.3) is 0 Å². The SMILES string of the molecule is Cc1ccc(C)c(/C=N\Nc2cc(C(F)(F)F)ccc2Cl)c1. The third-order valence-electron chi connectivity index (χ3n) is 3.12. The van der Waals surface area contributed by atoms with Crippen LogP contribution in [0.4, 0.5) is 18.9 Å². The molecule has 0 saturated carbocycles. The van der Waals surface area contributed by atoms with Gasteiger partial charge in [-0.25, -0.2) is 0 Å². The molecule has 0 unspecified atom stereocenters. The molecule has 2 rings (SSSR count). The lowest BCUT2D eigenvalue weighted by Gasteiger charge is -2.10. The number of aryl methyl sites for hydroxylation is 2. The van der Waals surface area contributed by atoms with E-state index >= 15 is 0 Å². The second-order valence-corrected chi connectivity index (χ2v) is 5.33. The zero-order valence-corrected chi connectivity index (χ0v) is 12.8. The van der Waals surface area contributed by atoms with Gasteiger partial charge in [0.15, 0.2) is 0 Å². The van der Waals surface area contributed by atoms with E-state index < -0.39 is 11.7 Å². The van der Waals surface area contributed by atoms with Gasteiger partial charge in [0.05, 0.1) is 22.5 Å². The fraction of sp³-hybridized carbons (Fsp3) is 0.188. The largest absolute Gasteiger partial charge is 0.416 e. The number of halogens is 4. The molecule has 0 aliphatic heterocycles. The van der Waals surface area contributed by atoms with Crippen molar-refractivity contribution in [1.82, 2.24) is 0 Å². The van der Waals surface area contributed by atoms with Gasteiger partial charge in [0.25, 0.3) is 0 Å². The maximum atomic E-state index is 12.7. The number of alkyl halides is 3. The summed E-state index contributed by atoms with van der Waals surface area (Å²) in [6, 6.07) is 8.93. The van der Waals surface area contributed by atoms with Crippen molar-refractivity contribution in [2.45, 2.75) is 20.0 Å². The number of hydrogen-bond acceptors (Lipinski definition) is 2. The minimum atomic E-state index is -4.42. The quantitative estimate of drug-likeness (QED) is 0.591. The minimum absolute atomic E-state index is 0.109. The van der Waals surface area contributed by atoms with Gasteiger partial charge in [-0.15, -0.1) is 0 Å². The van der Waals surface area contributed by atoms with Gasteiger partial charge < -0.3 is 0 Å². The summed E-state index contributed by atoms with van der Waals surface area (Å²) >= 11 is 5.88. The van der Waals surface area contributed by atoms with Gasteiger partial charge in [-0.2, -0.15) is 18.3 Å². The summed E-state index contributed by atoms with van der Waals surface area (Å²) in [5, 5.41) is 4.14. The number of hydrazone groups is 1. The van der Waals surface area contributed by atoms with Gasteiger partial charge in [0.2, 0.25) is 0 Å².